The first kappa shape index (κ1) is 20.7. The normalized spacial score (nSPS) is 10.9. The number of ether oxygens (including phenoxy) is 2. The highest BCUT2D eigenvalue weighted by Crippen LogP contribution is 2.33. The van der Waals surface area contributed by atoms with Crippen LogP contribution in [-0.2, 0) is 9.53 Å². The Morgan fingerprint density at radius 3 is 2.56 bits per heavy atom. The molecule has 1 heterocycles. The third-order valence-corrected chi connectivity index (χ3v) is 5.60. The number of esters is 1. The molecule has 2 aromatic rings. The molecule has 1 aromatic carbocycles. The summed E-state index contributed by atoms with van der Waals surface area (Å²) in [5.41, 5.74) is 1.61. The van der Waals surface area contributed by atoms with Crippen molar-refractivity contribution < 1.29 is 19.1 Å². The van der Waals surface area contributed by atoms with E-state index in [1.807, 2.05) is 13.0 Å². The number of nitrogens with zero attached hydrogens (tertiary/aromatic N) is 1. The minimum Gasteiger partial charge on any atom is -0.496 e. The van der Waals surface area contributed by atoms with Gasteiger partial charge in [-0.15, -0.1) is 11.3 Å². The molecule has 0 aliphatic carbocycles. The van der Waals surface area contributed by atoms with E-state index in [1.54, 1.807) is 32.2 Å². The van der Waals surface area contributed by atoms with Crippen molar-refractivity contribution in [3.63, 3.8) is 0 Å². The highest BCUT2D eigenvalue weighted by Gasteiger charge is 2.22. The van der Waals surface area contributed by atoms with E-state index in [2.05, 4.69) is 21.2 Å². The van der Waals surface area contributed by atoms with Gasteiger partial charge in [-0.1, -0.05) is 6.07 Å². The first-order valence-electron chi connectivity index (χ1n) is 7.77. The molecule has 0 aliphatic rings. The van der Waals surface area contributed by atoms with E-state index in [1.165, 1.54) is 24.5 Å². The molecule has 6 nitrogen and oxygen atoms in total. The van der Waals surface area contributed by atoms with Crippen LogP contribution < -0.4 is 10.1 Å². The number of nitrogens with one attached hydrogen (secondary N) is 1. The molecule has 1 aromatic heterocycles. The predicted octanol–water partition coefficient (Wildman–Crippen LogP) is 4.47. The number of thiophene rings is 1. The molecule has 8 heteroatoms. The van der Waals surface area contributed by atoms with Crippen LogP contribution in [0, 0.1) is 25.2 Å². The number of carbonyl (C=O) groups excluding carboxylic acids is 2. The first-order chi connectivity index (χ1) is 12.8. The average Bonchev–Trinajstić information content (AvgIpc) is 2.92. The lowest BCUT2D eigenvalue weighted by molar-refractivity contribution is -0.112. The molecule has 0 bridgehead atoms. The third-order valence-electron chi connectivity index (χ3n) is 3.85. The summed E-state index contributed by atoms with van der Waals surface area (Å²) >= 11 is 4.63. The van der Waals surface area contributed by atoms with Crippen molar-refractivity contribution in [1.82, 2.24) is 0 Å². The van der Waals surface area contributed by atoms with E-state index >= 15 is 0 Å². The summed E-state index contributed by atoms with van der Waals surface area (Å²) in [6.07, 6.45) is 1.46. The Balaban J connectivity index is 2.34. The number of benzene rings is 1. The van der Waals surface area contributed by atoms with Crippen LogP contribution in [0.1, 0.15) is 26.4 Å². The van der Waals surface area contributed by atoms with Crippen LogP contribution >= 0.6 is 27.3 Å². The number of aryl methyl sites for hydroxylation is 1. The average molecular weight is 449 g/mol. The lowest BCUT2D eigenvalue weighted by atomic mass is 10.1. The summed E-state index contributed by atoms with van der Waals surface area (Å²) in [5, 5.41) is 12.4. The molecular weight excluding hydrogens is 432 g/mol. The van der Waals surface area contributed by atoms with Crippen molar-refractivity contribution in [2.45, 2.75) is 13.8 Å². The van der Waals surface area contributed by atoms with Crippen molar-refractivity contribution in [2.75, 3.05) is 19.5 Å². The molecule has 0 atom stereocenters. The molecule has 0 aliphatic heterocycles. The SMILES string of the molecule is COC(=O)c1c(NC(=O)C(C#N)=Cc2ccc(OC)c(Br)c2)sc(C)c1C. The Hall–Kier alpha value is -2.63. The lowest BCUT2D eigenvalue weighted by Crippen LogP contribution is -2.15. The largest absolute Gasteiger partial charge is 0.496 e. The van der Waals surface area contributed by atoms with E-state index in [-0.39, 0.29) is 5.57 Å². The van der Waals surface area contributed by atoms with Crippen molar-refractivity contribution in [3.05, 3.63) is 49.8 Å². The van der Waals surface area contributed by atoms with Crippen LogP contribution in [0.3, 0.4) is 0 Å². The molecule has 1 N–H and O–H groups in total. The third kappa shape index (κ3) is 4.56. The molecule has 0 fully saturated rings. The Kier molecular flexibility index (Phi) is 6.77. The fraction of sp³-hybridized carbons (Fsp3) is 0.211. The van der Waals surface area contributed by atoms with Gasteiger partial charge in [0, 0.05) is 4.88 Å². The van der Waals surface area contributed by atoms with Gasteiger partial charge in [0.2, 0.25) is 0 Å². The molecule has 27 heavy (non-hydrogen) atoms. The molecule has 0 radical (unpaired) electrons. The number of nitriles is 1. The number of halogens is 1. The molecule has 140 valence electrons. The number of hydrogen-bond donors (Lipinski definition) is 1. The standard InChI is InChI=1S/C19H17BrN2O4S/c1-10-11(2)27-18(16(10)19(24)26-4)22-17(23)13(9-21)7-12-5-6-15(25-3)14(20)8-12/h5-8H,1-4H3,(H,22,23). The summed E-state index contributed by atoms with van der Waals surface area (Å²) in [6, 6.07) is 7.09. The van der Waals surface area contributed by atoms with Crippen LogP contribution in [0.25, 0.3) is 6.08 Å². The van der Waals surface area contributed by atoms with Crippen molar-refractivity contribution in [1.29, 1.82) is 5.26 Å². The van der Waals surface area contributed by atoms with E-state index in [0.717, 1.165) is 10.4 Å². The maximum Gasteiger partial charge on any atom is 0.341 e. The zero-order valence-electron chi connectivity index (χ0n) is 15.2. The van der Waals surface area contributed by atoms with E-state index < -0.39 is 11.9 Å². The summed E-state index contributed by atoms with van der Waals surface area (Å²) < 4.78 is 10.7. The van der Waals surface area contributed by atoms with Gasteiger partial charge in [0.05, 0.1) is 24.3 Å². The molecule has 0 spiro atoms. The zero-order valence-corrected chi connectivity index (χ0v) is 17.6. The smallest absolute Gasteiger partial charge is 0.341 e. The van der Waals surface area contributed by atoms with Crippen LogP contribution in [0.15, 0.2) is 28.2 Å². The second-order valence-electron chi connectivity index (χ2n) is 5.50. The molecule has 0 saturated heterocycles. The van der Waals surface area contributed by atoms with Gasteiger partial charge in [-0.3, -0.25) is 4.79 Å². The van der Waals surface area contributed by atoms with E-state index in [0.29, 0.717) is 26.4 Å². The Morgan fingerprint density at radius 1 is 1.30 bits per heavy atom. The Morgan fingerprint density at radius 2 is 2.00 bits per heavy atom. The molecular formula is C19H17BrN2O4S. The monoisotopic (exact) mass is 448 g/mol. The van der Waals surface area contributed by atoms with Gasteiger partial charge in [-0.25, -0.2) is 4.79 Å². The summed E-state index contributed by atoms with van der Waals surface area (Å²) in [5.74, 6) is -0.494. The number of hydrogen-bond acceptors (Lipinski definition) is 6. The fourth-order valence-corrected chi connectivity index (χ4v) is 3.92. The maximum absolute atomic E-state index is 12.6. The van der Waals surface area contributed by atoms with Gasteiger partial charge in [0.1, 0.15) is 22.4 Å². The second-order valence-corrected chi connectivity index (χ2v) is 7.58. The maximum atomic E-state index is 12.6. The fourth-order valence-electron chi connectivity index (χ4n) is 2.32. The highest BCUT2D eigenvalue weighted by atomic mass is 79.9. The van der Waals surface area contributed by atoms with Gasteiger partial charge >= 0.3 is 5.97 Å². The molecule has 2 rings (SSSR count). The molecule has 0 unspecified atom stereocenters. The van der Waals surface area contributed by atoms with Crippen molar-refractivity contribution >= 4 is 50.2 Å². The van der Waals surface area contributed by atoms with Crippen LogP contribution in [0.5, 0.6) is 5.75 Å². The summed E-state index contributed by atoms with van der Waals surface area (Å²) in [7, 11) is 2.83. The van der Waals surface area contributed by atoms with Gasteiger partial charge in [0.25, 0.3) is 5.91 Å². The molecule has 0 saturated carbocycles. The quantitative estimate of drug-likeness (QED) is 0.414. The number of amides is 1. The molecule has 1 amide bonds. The Bertz CT molecular complexity index is 973. The van der Waals surface area contributed by atoms with Crippen molar-refractivity contribution in [3.8, 4) is 11.8 Å². The minimum absolute atomic E-state index is 0.0911. The Labute approximate surface area is 169 Å². The summed E-state index contributed by atoms with van der Waals surface area (Å²) in [6.45, 7) is 3.63. The minimum atomic E-state index is -0.601. The van der Waals surface area contributed by atoms with Gasteiger partial charge in [-0.05, 0) is 59.1 Å². The first-order valence-corrected chi connectivity index (χ1v) is 9.38. The number of anilines is 1. The van der Waals surface area contributed by atoms with Crippen LogP contribution in [-0.4, -0.2) is 26.1 Å². The van der Waals surface area contributed by atoms with Crippen molar-refractivity contribution in [2.24, 2.45) is 0 Å². The van der Waals surface area contributed by atoms with Gasteiger partial charge in [-0.2, -0.15) is 5.26 Å². The topological polar surface area (TPSA) is 88.4 Å². The number of rotatable bonds is 5. The van der Waals surface area contributed by atoms with E-state index in [9.17, 15) is 14.9 Å². The van der Waals surface area contributed by atoms with Crippen LogP contribution in [0.2, 0.25) is 0 Å². The summed E-state index contributed by atoms with van der Waals surface area (Å²) in [4.78, 5) is 25.5. The zero-order chi connectivity index (χ0) is 20.1. The number of methoxy groups -OCH3 is 2. The lowest BCUT2D eigenvalue weighted by Gasteiger charge is -2.06. The van der Waals surface area contributed by atoms with Crippen LogP contribution in [0.4, 0.5) is 5.00 Å². The van der Waals surface area contributed by atoms with Gasteiger partial charge in [0.15, 0.2) is 0 Å². The van der Waals surface area contributed by atoms with Gasteiger partial charge < -0.3 is 14.8 Å². The highest BCUT2D eigenvalue weighted by molar-refractivity contribution is 9.10. The second kappa shape index (κ2) is 8.84. The van der Waals surface area contributed by atoms with E-state index in [4.69, 9.17) is 9.47 Å². The predicted molar refractivity (Wildman–Crippen MR) is 108 cm³/mol. The number of carbonyl (C=O) groups is 2.